The lowest BCUT2D eigenvalue weighted by molar-refractivity contribution is 0.0730. The summed E-state index contributed by atoms with van der Waals surface area (Å²) in [6, 6.07) is 4.86. The molecule has 0 aliphatic carbocycles. The molecule has 0 bridgehead atoms. The second-order valence-corrected chi connectivity index (χ2v) is 10.1. The fourth-order valence-corrected chi connectivity index (χ4v) is 5.14. The Morgan fingerprint density at radius 3 is 2.76 bits per heavy atom. The number of H-pyrrole nitrogens is 1. The number of hydrogen-bond acceptors (Lipinski definition) is 8. The van der Waals surface area contributed by atoms with Crippen molar-refractivity contribution in [1.29, 1.82) is 0 Å². The van der Waals surface area contributed by atoms with Gasteiger partial charge in [-0.1, -0.05) is 18.5 Å². The van der Waals surface area contributed by atoms with Crippen LogP contribution in [0, 0.1) is 0 Å². The summed E-state index contributed by atoms with van der Waals surface area (Å²) in [6.07, 6.45) is 2.57. The van der Waals surface area contributed by atoms with Crippen LogP contribution in [0.1, 0.15) is 20.3 Å². The Morgan fingerprint density at radius 2 is 2.06 bits per heavy atom. The van der Waals surface area contributed by atoms with Gasteiger partial charge < -0.3 is 25.1 Å². The number of ether oxygens (including phenoxy) is 2. The first-order valence-corrected chi connectivity index (χ1v) is 12.5. The molecule has 0 spiro atoms. The van der Waals surface area contributed by atoms with Crippen molar-refractivity contribution in [3.8, 4) is 5.75 Å². The number of methoxy groups -OCH3 is 1. The number of rotatable bonds is 8. The summed E-state index contributed by atoms with van der Waals surface area (Å²) < 4.78 is 38.1. The highest BCUT2D eigenvalue weighted by Gasteiger charge is 2.27. The fourth-order valence-electron chi connectivity index (χ4n) is 3.48. The summed E-state index contributed by atoms with van der Waals surface area (Å²) in [5.41, 5.74) is 1.11. The monoisotopic (exact) mass is 494 g/mol. The van der Waals surface area contributed by atoms with E-state index in [0.29, 0.717) is 65.6 Å². The molecule has 1 fully saturated rings. The molecule has 10 nitrogen and oxygen atoms in total. The Hall–Kier alpha value is -2.60. The number of sulfonamides is 1. The lowest BCUT2D eigenvalue weighted by atomic mass is 10.2. The molecule has 0 saturated carbocycles. The van der Waals surface area contributed by atoms with Crippen molar-refractivity contribution in [2.75, 3.05) is 44.0 Å². The van der Waals surface area contributed by atoms with E-state index in [-0.39, 0.29) is 10.9 Å². The highest BCUT2D eigenvalue weighted by atomic mass is 35.5. The normalized spacial score (nSPS) is 16.0. The zero-order valence-corrected chi connectivity index (χ0v) is 20.3. The van der Waals surface area contributed by atoms with Crippen LogP contribution in [-0.4, -0.2) is 67.1 Å². The van der Waals surface area contributed by atoms with Crippen molar-refractivity contribution in [3.05, 3.63) is 29.4 Å². The number of hydrogen-bond donors (Lipinski definition) is 3. The fraction of sp³-hybridized carbons (Fsp3) is 0.429. The summed E-state index contributed by atoms with van der Waals surface area (Å²) in [5, 5.41) is 7.73. The molecule has 2 aromatic heterocycles. The summed E-state index contributed by atoms with van der Waals surface area (Å²) >= 11 is 6.33. The van der Waals surface area contributed by atoms with E-state index in [9.17, 15) is 8.42 Å². The minimum absolute atomic E-state index is 0.151. The van der Waals surface area contributed by atoms with E-state index >= 15 is 0 Å². The van der Waals surface area contributed by atoms with Gasteiger partial charge in [-0.15, -0.1) is 0 Å². The van der Waals surface area contributed by atoms with Crippen molar-refractivity contribution in [2.45, 2.75) is 31.2 Å². The standard InChI is InChI=1S/C21H27ClN6O4S/c1-4-13(2)24-20-18-15(22)12-23-19(18)26-21(27-20)25-16-6-5-14(11-17(16)31-3)33(29,30)28-7-9-32-10-8-28/h5-6,11-13H,4,7-10H2,1-3H3,(H3,23,24,25,26,27)/t13-/m1/s1. The Bertz CT molecular complexity index is 1240. The molecule has 12 heteroatoms. The highest BCUT2D eigenvalue weighted by Crippen LogP contribution is 2.33. The maximum Gasteiger partial charge on any atom is 0.243 e. The van der Waals surface area contributed by atoms with Crippen LogP contribution in [0.25, 0.3) is 11.0 Å². The van der Waals surface area contributed by atoms with Crippen molar-refractivity contribution in [2.24, 2.45) is 0 Å². The van der Waals surface area contributed by atoms with Gasteiger partial charge in [0.25, 0.3) is 0 Å². The van der Waals surface area contributed by atoms with E-state index in [2.05, 4.69) is 39.4 Å². The zero-order chi connectivity index (χ0) is 23.6. The van der Waals surface area contributed by atoms with E-state index in [1.165, 1.54) is 23.5 Å². The van der Waals surface area contributed by atoms with Crippen molar-refractivity contribution >= 4 is 50.1 Å². The van der Waals surface area contributed by atoms with E-state index in [1.807, 2.05) is 0 Å². The predicted octanol–water partition coefficient (Wildman–Crippen LogP) is 3.59. The van der Waals surface area contributed by atoms with Gasteiger partial charge in [0.05, 0.1) is 41.3 Å². The number of anilines is 3. The molecule has 3 N–H and O–H groups in total. The van der Waals surface area contributed by atoms with Crippen molar-refractivity contribution in [1.82, 2.24) is 19.3 Å². The molecule has 3 heterocycles. The second-order valence-electron chi connectivity index (χ2n) is 7.71. The Kier molecular flexibility index (Phi) is 6.94. The van der Waals surface area contributed by atoms with Gasteiger partial charge in [-0.25, -0.2) is 8.42 Å². The predicted molar refractivity (Wildman–Crippen MR) is 128 cm³/mol. The number of nitrogens with zero attached hydrogens (tertiary/aromatic N) is 3. The molecular weight excluding hydrogens is 468 g/mol. The third-order valence-corrected chi connectivity index (χ3v) is 7.70. The van der Waals surface area contributed by atoms with Crippen LogP contribution in [0.4, 0.5) is 17.5 Å². The molecule has 0 unspecified atom stereocenters. The Labute approximate surface area is 197 Å². The van der Waals surface area contributed by atoms with Crippen LogP contribution in [0.3, 0.4) is 0 Å². The molecule has 178 valence electrons. The Balaban J connectivity index is 1.66. The first-order chi connectivity index (χ1) is 15.8. The first kappa shape index (κ1) is 23.6. The topological polar surface area (TPSA) is 121 Å². The average molecular weight is 495 g/mol. The molecule has 4 rings (SSSR count). The Morgan fingerprint density at radius 1 is 1.30 bits per heavy atom. The number of morpholine rings is 1. The van der Waals surface area contributed by atoms with Gasteiger partial charge >= 0.3 is 0 Å². The average Bonchev–Trinajstić information content (AvgIpc) is 3.20. The summed E-state index contributed by atoms with van der Waals surface area (Å²) in [5.74, 6) is 1.27. The van der Waals surface area contributed by atoms with Gasteiger partial charge in [0.15, 0.2) is 0 Å². The minimum Gasteiger partial charge on any atom is -0.495 e. The maximum atomic E-state index is 13.0. The number of halogens is 1. The van der Waals surface area contributed by atoms with Gasteiger partial charge in [-0.2, -0.15) is 14.3 Å². The van der Waals surface area contributed by atoms with Crippen LogP contribution in [0.2, 0.25) is 5.02 Å². The van der Waals surface area contributed by atoms with E-state index in [4.69, 9.17) is 21.1 Å². The van der Waals surface area contributed by atoms with Crippen LogP contribution >= 0.6 is 11.6 Å². The zero-order valence-electron chi connectivity index (χ0n) is 18.7. The molecule has 0 radical (unpaired) electrons. The number of aromatic nitrogens is 3. The van der Waals surface area contributed by atoms with Crippen LogP contribution < -0.4 is 15.4 Å². The molecule has 0 amide bonds. The van der Waals surface area contributed by atoms with Crippen LogP contribution in [0.5, 0.6) is 5.75 Å². The molecule has 1 atom stereocenters. The lowest BCUT2D eigenvalue weighted by Crippen LogP contribution is -2.40. The molecule has 33 heavy (non-hydrogen) atoms. The highest BCUT2D eigenvalue weighted by molar-refractivity contribution is 7.89. The third kappa shape index (κ3) is 4.86. The SMILES string of the molecule is CC[C@@H](C)Nc1nc(Nc2ccc(S(=O)(=O)N3CCOCC3)cc2OC)nc2[nH]cc(Cl)c12. The maximum absolute atomic E-state index is 13.0. The summed E-state index contributed by atoms with van der Waals surface area (Å²) in [4.78, 5) is 12.3. The van der Waals surface area contributed by atoms with E-state index in [0.717, 1.165) is 6.42 Å². The third-order valence-electron chi connectivity index (χ3n) is 5.51. The van der Waals surface area contributed by atoms with E-state index < -0.39 is 10.0 Å². The molecular formula is C21H27ClN6O4S. The summed E-state index contributed by atoms with van der Waals surface area (Å²) in [7, 11) is -2.17. The van der Waals surface area contributed by atoms with Gasteiger partial charge in [0, 0.05) is 31.4 Å². The number of fused-ring (bicyclic) bond motifs is 1. The molecule has 3 aromatic rings. The van der Waals surface area contributed by atoms with Crippen LogP contribution in [0.15, 0.2) is 29.3 Å². The van der Waals surface area contributed by atoms with Crippen molar-refractivity contribution < 1.29 is 17.9 Å². The second kappa shape index (κ2) is 9.72. The summed E-state index contributed by atoms with van der Waals surface area (Å²) in [6.45, 7) is 5.53. The van der Waals surface area contributed by atoms with Gasteiger partial charge in [0.1, 0.15) is 17.2 Å². The smallest absolute Gasteiger partial charge is 0.243 e. The molecule has 1 aromatic carbocycles. The molecule has 1 aliphatic heterocycles. The van der Waals surface area contributed by atoms with Gasteiger partial charge in [0.2, 0.25) is 16.0 Å². The number of nitrogens with one attached hydrogen (secondary N) is 3. The lowest BCUT2D eigenvalue weighted by Gasteiger charge is -2.26. The van der Waals surface area contributed by atoms with Gasteiger partial charge in [-0.3, -0.25) is 0 Å². The molecule has 1 saturated heterocycles. The number of aromatic amines is 1. The van der Waals surface area contributed by atoms with Crippen LogP contribution in [-0.2, 0) is 14.8 Å². The largest absolute Gasteiger partial charge is 0.495 e. The van der Waals surface area contributed by atoms with Crippen molar-refractivity contribution in [3.63, 3.8) is 0 Å². The van der Waals surface area contributed by atoms with Gasteiger partial charge in [-0.05, 0) is 25.5 Å². The van der Waals surface area contributed by atoms with E-state index in [1.54, 1.807) is 12.3 Å². The first-order valence-electron chi connectivity index (χ1n) is 10.7. The number of benzene rings is 1. The minimum atomic E-state index is -3.65. The quantitative estimate of drug-likeness (QED) is 0.434. The molecule has 1 aliphatic rings.